The Bertz CT molecular complexity index is 1140. The second-order valence-electron chi connectivity index (χ2n) is 6.89. The van der Waals surface area contributed by atoms with Gasteiger partial charge in [-0.05, 0) is 22.9 Å². The maximum atomic E-state index is 12.8. The molecule has 2 heterocycles. The van der Waals surface area contributed by atoms with Crippen LogP contribution in [0, 0.1) is 0 Å². The molecule has 1 aliphatic heterocycles. The Morgan fingerprint density at radius 3 is 2.85 bits per heavy atom. The highest BCUT2D eigenvalue weighted by molar-refractivity contribution is 6.08. The molecule has 4 heteroatoms. The van der Waals surface area contributed by atoms with E-state index in [1.165, 1.54) is 0 Å². The molecule has 1 amide bonds. The summed E-state index contributed by atoms with van der Waals surface area (Å²) < 4.78 is 11.4. The van der Waals surface area contributed by atoms with E-state index < -0.39 is 0 Å². The van der Waals surface area contributed by atoms with Crippen LogP contribution in [0.15, 0.2) is 71.3 Å². The third-order valence-corrected chi connectivity index (χ3v) is 5.18. The maximum absolute atomic E-state index is 12.8. The molecule has 0 radical (unpaired) electrons. The van der Waals surface area contributed by atoms with Crippen molar-refractivity contribution in [3.05, 3.63) is 78.1 Å². The molecule has 0 fully saturated rings. The van der Waals surface area contributed by atoms with E-state index in [1.54, 1.807) is 6.26 Å². The van der Waals surface area contributed by atoms with Crippen molar-refractivity contribution in [1.82, 2.24) is 5.32 Å². The fourth-order valence-electron chi connectivity index (χ4n) is 3.91. The number of para-hydroxylation sites is 1. The second kappa shape index (κ2) is 6.47. The van der Waals surface area contributed by atoms with Crippen molar-refractivity contribution in [2.75, 3.05) is 6.61 Å². The predicted molar refractivity (Wildman–Crippen MR) is 105 cm³/mol. The molecule has 1 atom stereocenters. The summed E-state index contributed by atoms with van der Waals surface area (Å²) in [4.78, 5) is 12.8. The van der Waals surface area contributed by atoms with Gasteiger partial charge in [-0.2, -0.15) is 0 Å². The molecule has 1 N–H and O–H groups in total. The summed E-state index contributed by atoms with van der Waals surface area (Å²) in [6.45, 7) is 0.612. The minimum absolute atomic E-state index is 0.00710. The zero-order valence-electron chi connectivity index (χ0n) is 14.8. The van der Waals surface area contributed by atoms with E-state index in [1.807, 2.05) is 48.5 Å². The van der Waals surface area contributed by atoms with Crippen LogP contribution in [0.4, 0.5) is 0 Å². The SMILES string of the molecule is O=C(Cc1coc2ccc3ccccc3c12)N[C@H]1CCOc2ccccc21. The van der Waals surface area contributed by atoms with Crippen molar-refractivity contribution in [3.8, 4) is 5.75 Å². The molecule has 0 unspecified atom stereocenters. The molecular formula is C23H19NO3. The van der Waals surface area contributed by atoms with Gasteiger partial charge in [0.2, 0.25) is 5.91 Å². The molecule has 27 heavy (non-hydrogen) atoms. The molecule has 134 valence electrons. The summed E-state index contributed by atoms with van der Waals surface area (Å²) in [5, 5.41) is 6.45. The number of hydrogen-bond donors (Lipinski definition) is 1. The van der Waals surface area contributed by atoms with Gasteiger partial charge in [-0.25, -0.2) is 0 Å². The summed E-state index contributed by atoms with van der Waals surface area (Å²) in [6, 6.07) is 20.1. The molecular weight excluding hydrogens is 338 g/mol. The first kappa shape index (κ1) is 15.9. The van der Waals surface area contributed by atoms with Crippen LogP contribution in [0.1, 0.15) is 23.6 Å². The normalized spacial score (nSPS) is 16.1. The van der Waals surface area contributed by atoms with Crippen molar-refractivity contribution >= 4 is 27.6 Å². The van der Waals surface area contributed by atoms with E-state index >= 15 is 0 Å². The van der Waals surface area contributed by atoms with Gasteiger partial charge in [0.25, 0.3) is 0 Å². The Labute approximate surface area is 156 Å². The number of nitrogens with one attached hydrogen (secondary N) is 1. The Hall–Kier alpha value is -3.27. The van der Waals surface area contributed by atoms with Gasteiger partial charge in [0, 0.05) is 22.9 Å². The number of carbonyl (C=O) groups is 1. The number of hydrogen-bond acceptors (Lipinski definition) is 3. The van der Waals surface area contributed by atoms with Gasteiger partial charge in [-0.3, -0.25) is 4.79 Å². The van der Waals surface area contributed by atoms with Crippen LogP contribution in [0.2, 0.25) is 0 Å². The average Bonchev–Trinajstić information content (AvgIpc) is 3.11. The van der Waals surface area contributed by atoms with Crippen LogP contribution in [-0.2, 0) is 11.2 Å². The van der Waals surface area contributed by atoms with Crippen molar-refractivity contribution in [3.63, 3.8) is 0 Å². The lowest BCUT2D eigenvalue weighted by Gasteiger charge is -2.26. The first-order chi connectivity index (χ1) is 13.3. The number of carbonyl (C=O) groups excluding carboxylic acids is 1. The minimum Gasteiger partial charge on any atom is -0.493 e. The molecule has 5 rings (SSSR count). The molecule has 0 spiro atoms. The van der Waals surface area contributed by atoms with E-state index in [0.29, 0.717) is 13.0 Å². The summed E-state index contributed by atoms with van der Waals surface area (Å²) in [6.07, 6.45) is 2.77. The highest BCUT2D eigenvalue weighted by Gasteiger charge is 2.23. The monoisotopic (exact) mass is 357 g/mol. The molecule has 0 aliphatic carbocycles. The third kappa shape index (κ3) is 2.83. The fourth-order valence-corrected chi connectivity index (χ4v) is 3.91. The largest absolute Gasteiger partial charge is 0.493 e. The standard InChI is InChI=1S/C23H19NO3/c25-22(24-19-11-12-26-20-8-4-3-7-18(19)20)13-16-14-27-21-10-9-15-5-1-2-6-17(15)23(16)21/h1-10,14,19H,11-13H2,(H,24,25)/t19-/m0/s1. The summed E-state index contributed by atoms with van der Waals surface area (Å²) in [5.74, 6) is 0.848. The lowest BCUT2D eigenvalue weighted by molar-refractivity contribution is -0.121. The third-order valence-electron chi connectivity index (χ3n) is 5.18. The number of amides is 1. The van der Waals surface area contributed by atoms with Crippen molar-refractivity contribution in [1.29, 1.82) is 0 Å². The summed E-state index contributed by atoms with van der Waals surface area (Å²) in [5.41, 5.74) is 2.77. The van der Waals surface area contributed by atoms with Crippen LogP contribution in [0.5, 0.6) is 5.75 Å². The van der Waals surface area contributed by atoms with Gasteiger partial charge in [0.05, 0.1) is 25.3 Å². The highest BCUT2D eigenvalue weighted by Crippen LogP contribution is 2.33. The molecule has 1 aliphatic rings. The fraction of sp³-hybridized carbons (Fsp3) is 0.174. The van der Waals surface area contributed by atoms with E-state index in [-0.39, 0.29) is 11.9 Å². The number of benzene rings is 3. The quantitative estimate of drug-likeness (QED) is 0.575. The molecule has 0 saturated carbocycles. The first-order valence-electron chi connectivity index (χ1n) is 9.18. The lowest BCUT2D eigenvalue weighted by Crippen LogP contribution is -2.33. The van der Waals surface area contributed by atoms with Gasteiger partial charge < -0.3 is 14.5 Å². The smallest absolute Gasteiger partial charge is 0.225 e. The van der Waals surface area contributed by atoms with Crippen molar-refractivity contribution < 1.29 is 13.9 Å². The molecule has 3 aromatic carbocycles. The summed E-state index contributed by atoms with van der Waals surface area (Å²) in [7, 11) is 0. The second-order valence-corrected chi connectivity index (χ2v) is 6.89. The number of fused-ring (bicyclic) bond motifs is 4. The highest BCUT2D eigenvalue weighted by atomic mass is 16.5. The van der Waals surface area contributed by atoms with Crippen molar-refractivity contribution in [2.45, 2.75) is 18.9 Å². The first-order valence-corrected chi connectivity index (χ1v) is 9.18. The Kier molecular flexibility index (Phi) is 3.82. The number of ether oxygens (including phenoxy) is 1. The van der Waals surface area contributed by atoms with Crippen LogP contribution in [0.3, 0.4) is 0 Å². The van der Waals surface area contributed by atoms with Crippen molar-refractivity contribution in [2.24, 2.45) is 0 Å². The molecule has 4 aromatic rings. The molecule has 0 bridgehead atoms. The van der Waals surface area contributed by atoms with Crippen LogP contribution < -0.4 is 10.1 Å². The van der Waals surface area contributed by atoms with E-state index in [4.69, 9.17) is 9.15 Å². The minimum atomic E-state index is -0.0163. The molecule has 0 saturated heterocycles. The predicted octanol–water partition coefficient (Wildman–Crippen LogP) is 4.77. The Morgan fingerprint density at radius 1 is 1.04 bits per heavy atom. The van der Waals surface area contributed by atoms with E-state index in [2.05, 4.69) is 17.4 Å². The Morgan fingerprint density at radius 2 is 1.89 bits per heavy atom. The number of rotatable bonds is 3. The lowest BCUT2D eigenvalue weighted by atomic mass is 9.99. The van der Waals surface area contributed by atoms with Gasteiger partial charge >= 0.3 is 0 Å². The molecule has 4 nitrogen and oxygen atoms in total. The average molecular weight is 357 g/mol. The van der Waals surface area contributed by atoms with Crippen LogP contribution >= 0.6 is 0 Å². The molecule has 1 aromatic heterocycles. The van der Waals surface area contributed by atoms with E-state index in [0.717, 1.165) is 45.0 Å². The zero-order chi connectivity index (χ0) is 18.2. The topological polar surface area (TPSA) is 51.5 Å². The zero-order valence-corrected chi connectivity index (χ0v) is 14.8. The van der Waals surface area contributed by atoms with Crippen LogP contribution in [0.25, 0.3) is 21.7 Å². The van der Waals surface area contributed by atoms with Gasteiger partial charge in [-0.1, -0.05) is 48.5 Å². The van der Waals surface area contributed by atoms with Gasteiger partial charge in [0.15, 0.2) is 0 Å². The van der Waals surface area contributed by atoms with E-state index in [9.17, 15) is 4.79 Å². The van der Waals surface area contributed by atoms with Gasteiger partial charge in [-0.15, -0.1) is 0 Å². The Balaban J connectivity index is 1.43. The van der Waals surface area contributed by atoms with Gasteiger partial charge in [0.1, 0.15) is 11.3 Å². The number of furan rings is 1. The summed E-state index contributed by atoms with van der Waals surface area (Å²) >= 11 is 0. The maximum Gasteiger partial charge on any atom is 0.225 e. The van der Waals surface area contributed by atoms with Crippen LogP contribution in [-0.4, -0.2) is 12.5 Å².